The summed E-state index contributed by atoms with van der Waals surface area (Å²) < 4.78 is 16.7. The number of carbonyl (C=O) groups excluding carboxylic acids is 3. The predicted octanol–water partition coefficient (Wildman–Crippen LogP) is 20.0. The number of ether oxygens (including phenoxy) is 3. The molecule has 0 aromatic rings. The Balaban J connectivity index is 3.85. The molecule has 0 aliphatic heterocycles. The first-order valence-corrected chi connectivity index (χ1v) is 29.8. The van der Waals surface area contributed by atoms with Gasteiger partial charge in [-0.1, -0.05) is 281 Å². The Kier molecular flexibility index (Phi) is 55.3. The van der Waals surface area contributed by atoms with Crippen LogP contribution in [0.5, 0.6) is 0 Å². The molecule has 0 radical (unpaired) electrons. The number of carbonyl (C=O) groups is 3. The van der Waals surface area contributed by atoms with Gasteiger partial charge in [0.2, 0.25) is 0 Å². The molecule has 6 heteroatoms. The molecule has 0 rings (SSSR count). The second kappa shape index (κ2) is 57.7. The fraction of sp³-hybridized carbons (Fsp3) is 0.794. The summed E-state index contributed by atoms with van der Waals surface area (Å²) in [5.74, 6) is -0.868. The Bertz CT molecular complexity index is 1250. The van der Waals surface area contributed by atoms with E-state index in [1.807, 2.05) is 0 Å². The lowest BCUT2D eigenvalue weighted by molar-refractivity contribution is -0.167. The van der Waals surface area contributed by atoms with Crippen LogP contribution in [0.15, 0.2) is 60.8 Å². The molecule has 0 amide bonds. The van der Waals surface area contributed by atoms with Crippen molar-refractivity contribution in [3.63, 3.8) is 0 Å². The zero-order chi connectivity index (χ0) is 50.0. The molecule has 0 aliphatic rings. The van der Waals surface area contributed by atoms with Crippen molar-refractivity contribution in [3.05, 3.63) is 60.8 Å². The fourth-order valence-electron chi connectivity index (χ4n) is 8.59. The molecule has 69 heavy (non-hydrogen) atoms. The summed E-state index contributed by atoms with van der Waals surface area (Å²) in [5.41, 5.74) is 0. The van der Waals surface area contributed by atoms with Crippen molar-refractivity contribution in [2.24, 2.45) is 0 Å². The van der Waals surface area contributed by atoms with Crippen molar-refractivity contribution >= 4 is 17.9 Å². The topological polar surface area (TPSA) is 78.9 Å². The van der Waals surface area contributed by atoms with E-state index in [2.05, 4.69) is 81.5 Å². The third-order valence-electron chi connectivity index (χ3n) is 13.0. The highest BCUT2D eigenvalue weighted by atomic mass is 16.6. The van der Waals surface area contributed by atoms with E-state index in [0.29, 0.717) is 19.3 Å². The predicted molar refractivity (Wildman–Crippen MR) is 298 cm³/mol. The highest BCUT2D eigenvalue weighted by Crippen LogP contribution is 2.17. The first-order valence-electron chi connectivity index (χ1n) is 29.8. The van der Waals surface area contributed by atoms with E-state index in [1.54, 1.807) is 0 Å². The number of hydrogen-bond acceptors (Lipinski definition) is 6. The SMILES string of the molecule is CC/C=C\C/C=C\C/C=C\C/C=C\C/C=C\CCCCCCCCCCCCCCCCCCCCCC(=O)OCC(COC(=O)CCCCCCCC)OC(=O)CCCCCCCCCCCC. The maximum absolute atomic E-state index is 12.7. The Labute approximate surface area is 428 Å². The lowest BCUT2D eigenvalue weighted by Gasteiger charge is -2.18. The van der Waals surface area contributed by atoms with Crippen molar-refractivity contribution in [1.29, 1.82) is 0 Å². The maximum atomic E-state index is 12.7. The first-order chi connectivity index (χ1) is 34.0. The quantitative estimate of drug-likeness (QED) is 0.0262. The summed E-state index contributed by atoms with van der Waals surface area (Å²) in [4.78, 5) is 37.7. The number of allylic oxidation sites excluding steroid dienone is 10. The van der Waals surface area contributed by atoms with Crippen molar-refractivity contribution in [2.75, 3.05) is 13.2 Å². The van der Waals surface area contributed by atoms with Crippen LogP contribution >= 0.6 is 0 Å². The van der Waals surface area contributed by atoms with Gasteiger partial charge in [-0.15, -0.1) is 0 Å². The van der Waals surface area contributed by atoms with Gasteiger partial charge in [-0.2, -0.15) is 0 Å². The van der Waals surface area contributed by atoms with Gasteiger partial charge < -0.3 is 14.2 Å². The van der Waals surface area contributed by atoms with Crippen LogP contribution in [-0.4, -0.2) is 37.2 Å². The van der Waals surface area contributed by atoms with Gasteiger partial charge in [0.1, 0.15) is 13.2 Å². The first kappa shape index (κ1) is 66.1. The second-order valence-electron chi connectivity index (χ2n) is 19.9. The molecule has 0 aliphatic carbocycles. The zero-order valence-corrected chi connectivity index (χ0v) is 45.8. The Morgan fingerprint density at radius 2 is 0.565 bits per heavy atom. The van der Waals surface area contributed by atoms with E-state index in [1.165, 1.54) is 173 Å². The lowest BCUT2D eigenvalue weighted by Crippen LogP contribution is -2.30. The summed E-state index contributed by atoms with van der Waals surface area (Å²) in [6, 6.07) is 0. The number of esters is 3. The Morgan fingerprint density at radius 1 is 0.304 bits per heavy atom. The lowest BCUT2D eigenvalue weighted by atomic mass is 10.0. The van der Waals surface area contributed by atoms with Gasteiger partial charge in [0.05, 0.1) is 0 Å². The average molecular weight is 966 g/mol. The van der Waals surface area contributed by atoms with Gasteiger partial charge in [-0.05, 0) is 64.2 Å². The normalized spacial score (nSPS) is 12.4. The van der Waals surface area contributed by atoms with E-state index >= 15 is 0 Å². The standard InChI is InChI=1S/C63H112O6/c1-4-7-10-13-16-18-20-21-22-23-24-25-26-27-28-29-30-31-32-33-34-35-36-37-38-39-40-41-42-43-44-46-47-50-53-56-62(65)68-59-60(58-67-61(64)55-52-49-15-12-9-6-3)69-63(66)57-54-51-48-45-19-17-14-11-8-5-2/h7,10,16,18,21-22,24-25,27-28,60H,4-6,8-9,11-15,17,19-20,23,26,29-59H2,1-3H3/b10-7-,18-16-,22-21-,25-24-,28-27-. The van der Waals surface area contributed by atoms with Crippen LogP contribution in [0.2, 0.25) is 0 Å². The van der Waals surface area contributed by atoms with Crippen LogP contribution in [0.1, 0.15) is 303 Å². The van der Waals surface area contributed by atoms with E-state index in [-0.39, 0.29) is 31.1 Å². The van der Waals surface area contributed by atoms with E-state index < -0.39 is 6.10 Å². The van der Waals surface area contributed by atoms with Gasteiger partial charge in [0.25, 0.3) is 0 Å². The third kappa shape index (κ3) is 55.9. The molecule has 0 spiro atoms. The van der Waals surface area contributed by atoms with Crippen LogP contribution < -0.4 is 0 Å². The minimum Gasteiger partial charge on any atom is -0.462 e. The summed E-state index contributed by atoms with van der Waals surface area (Å²) in [6.07, 6.45) is 72.8. The highest BCUT2D eigenvalue weighted by Gasteiger charge is 2.19. The van der Waals surface area contributed by atoms with Crippen molar-refractivity contribution in [1.82, 2.24) is 0 Å². The zero-order valence-electron chi connectivity index (χ0n) is 45.8. The second-order valence-corrected chi connectivity index (χ2v) is 19.9. The van der Waals surface area contributed by atoms with Crippen LogP contribution in [-0.2, 0) is 28.6 Å². The van der Waals surface area contributed by atoms with Crippen molar-refractivity contribution in [2.45, 2.75) is 309 Å². The van der Waals surface area contributed by atoms with E-state index in [0.717, 1.165) is 89.9 Å². The monoisotopic (exact) mass is 965 g/mol. The molecule has 0 aromatic carbocycles. The molecule has 1 unspecified atom stereocenters. The minimum absolute atomic E-state index is 0.0682. The number of rotatable bonds is 54. The van der Waals surface area contributed by atoms with Crippen LogP contribution in [0.25, 0.3) is 0 Å². The summed E-state index contributed by atoms with van der Waals surface area (Å²) in [7, 11) is 0. The molecule has 0 saturated heterocycles. The van der Waals surface area contributed by atoms with Crippen LogP contribution in [0.4, 0.5) is 0 Å². The highest BCUT2D eigenvalue weighted by molar-refractivity contribution is 5.71. The maximum Gasteiger partial charge on any atom is 0.306 e. The summed E-state index contributed by atoms with van der Waals surface area (Å²) in [6.45, 7) is 6.47. The van der Waals surface area contributed by atoms with Gasteiger partial charge in [0, 0.05) is 19.3 Å². The average Bonchev–Trinajstić information content (AvgIpc) is 3.35. The van der Waals surface area contributed by atoms with Gasteiger partial charge in [-0.25, -0.2) is 0 Å². The molecule has 1 atom stereocenters. The minimum atomic E-state index is -0.763. The fourth-order valence-corrected chi connectivity index (χ4v) is 8.59. The van der Waals surface area contributed by atoms with Gasteiger partial charge >= 0.3 is 17.9 Å². The molecular formula is C63H112O6. The molecular weight excluding hydrogens is 853 g/mol. The van der Waals surface area contributed by atoms with Gasteiger partial charge in [-0.3, -0.25) is 14.4 Å². The summed E-state index contributed by atoms with van der Waals surface area (Å²) in [5, 5.41) is 0. The molecule has 0 aromatic heterocycles. The molecule has 6 nitrogen and oxygen atoms in total. The Morgan fingerprint density at radius 3 is 0.884 bits per heavy atom. The van der Waals surface area contributed by atoms with Gasteiger partial charge in [0.15, 0.2) is 6.10 Å². The van der Waals surface area contributed by atoms with E-state index in [4.69, 9.17) is 14.2 Å². The van der Waals surface area contributed by atoms with Crippen molar-refractivity contribution < 1.29 is 28.6 Å². The number of hydrogen-bond donors (Lipinski definition) is 0. The summed E-state index contributed by atoms with van der Waals surface area (Å²) >= 11 is 0. The number of unbranched alkanes of at least 4 members (excludes halogenated alkanes) is 33. The molecule has 0 saturated carbocycles. The van der Waals surface area contributed by atoms with Crippen LogP contribution in [0, 0.1) is 0 Å². The largest absolute Gasteiger partial charge is 0.462 e. The third-order valence-corrected chi connectivity index (χ3v) is 13.0. The Hall–Kier alpha value is -2.89. The smallest absolute Gasteiger partial charge is 0.306 e. The molecule has 0 heterocycles. The van der Waals surface area contributed by atoms with Crippen LogP contribution in [0.3, 0.4) is 0 Å². The molecule has 0 fully saturated rings. The van der Waals surface area contributed by atoms with Crippen molar-refractivity contribution in [3.8, 4) is 0 Å². The molecule has 0 N–H and O–H groups in total. The molecule has 0 bridgehead atoms. The van der Waals surface area contributed by atoms with E-state index in [9.17, 15) is 14.4 Å². The molecule has 400 valence electrons.